The average molecular weight is 319 g/mol. The number of rotatable bonds is 9. The molecule has 4 nitrogen and oxygen atoms in total. The van der Waals surface area contributed by atoms with Gasteiger partial charge in [0.2, 0.25) is 5.78 Å². The van der Waals surface area contributed by atoms with Gasteiger partial charge in [-0.05, 0) is 48.9 Å². The van der Waals surface area contributed by atoms with Crippen molar-refractivity contribution >= 4 is 11.7 Å². The second-order valence-corrected chi connectivity index (χ2v) is 6.48. The Morgan fingerprint density at radius 1 is 1.17 bits per heavy atom. The van der Waals surface area contributed by atoms with Crippen LogP contribution in [-0.4, -0.2) is 18.8 Å². The number of Topliss-reactive ketones (excluding diaryl/α,β-unsaturated/α-hetero) is 1. The van der Waals surface area contributed by atoms with Crippen LogP contribution in [0.5, 0.6) is 5.75 Å². The number of benzene rings is 1. The molecule has 1 N–H and O–H groups in total. The first kappa shape index (κ1) is 19.2. The van der Waals surface area contributed by atoms with Crippen LogP contribution in [0.1, 0.15) is 51.2 Å². The molecule has 1 aromatic rings. The molecular formula is C19H29NO3. The first-order chi connectivity index (χ1) is 10.9. The van der Waals surface area contributed by atoms with Crippen LogP contribution >= 0.6 is 0 Å². The molecule has 1 aromatic carbocycles. The number of ketones is 1. The van der Waals surface area contributed by atoms with Gasteiger partial charge < -0.3 is 10.1 Å². The highest BCUT2D eigenvalue weighted by atomic mass is 16.5. The summed E-state index contributed by atoms with van der Waals surface area (Å²) in [5.74, 6) is 0.335. The molecule has 0 aromatic heterocycles. The first-order valence-electron chi connectivity index (χ1n) is 8.34. The van der Waals surface area contributed by atoms with E-state index >= 15 is 0 Å². The van der Waals surface area contributed by atoms with E-state index in [1.807, 2.05) is 32.0 Å². The van der Waals surface area contributed by atoms with Crippen LogP contribution < -0.4 is 10.1 Å². The van der Waals surface area contributed by atoms with Gasteiger partial charge in [-0.3, -0.25) is 9.59 Å². The van der Waals surface area contributed by atoms with Gasteiger partial charge in [0.05, 0.1) is 7.11 Å². The van der Waals surface area contributed by atoms with Crippen LogP contribution in [0.15, 0.2) is 18.2 Å². The zero-order chi connectivity index (χ0) is 17.4. The van der Waals surface area contributed by atoms with Gasteiger partial charge in [-0.2, -0.15) is 0 Å². The van der Waals surface area contributed by atoms with Gasteiger partial charge in [-0.1, -0.05) is 33.3 Å². The predicted octanol–water partition coefficient (Wildman–Crippen LogP) is 3.65. The molecular weight excluding hydrogens is 290 g/mol. The lowest BCUT2D eigenvalue weighted by Crippen LogP contribution is -2.35. The quantitative estimate of drug-likeness (QED) is 0.707. The number of carbonyl (C=O) groups is 2. The van der Waals surface area contributed by atoms with Crippen molar-refractivity contribution in [3.63, 3.8) is 0 Å². The Balaban J connectivity index is 2.61. The van der Waals surface area contributed by atoms with Crippen molar-refractivity contribution in [2.45, 2.75) is 53.5 Å². The van der Waals surface area contributed by atoms with Crippen molar-refractivity contribution in [3.8, 4) is 5.75 Å². The van der Waals surface area contributed by atoms with Gasteiger partial charge in [0, 0.05) is 12.5 Å². The molecule has 0 radical (unpaired) electrons. The van der Waals surface area contributed by atoms with E-state index in [4.69, 9.17) is 4.74 Å². The summed E-state index contributed by atoms with van der Waals surface area (Å²) in [6.07, 6.45) is 2.45. The fourth-order valence-electron chi connectivity index (χ4n) is 2.55. The third kappa shape index (κ3) is 6.43. The number of hydrogen-bond donors (Lipinski definition) is 1. The van der Waals surface area contributed by atoms with E-state index in [0.717, 1.165) is 29.7 Å². The van der Waals surface area contributed by atoms with E-state index in [-0.39, 0.29) is 11.7 Å². The molecule has 4 heteroatoms. The van der Waals surface area contributed by atoms with Crippen LogP contribution in [0.2, 0.25) is 0 Å². The number of hydrogen-bond acceptors (Lipinski definition) is 3. The molecule has 0 aliphatic carbocycles. The highest BCUT2D eigenvalue weighted by Crippen LogP contribution is 2.18. The van der Waals surface area contributed by atoms with E-state index in [1.165, 1.54) is 0 Å². The molecule has 0 saturated heterocycles. The minimum Gasteiger partial charge on any atom is -0.497 e. The Kier molecular flexibility index (Phi) is 7.79. The molecule has 0 bridgehead atoms. The van der Waals surface area contributed by atoms with Crippen molar-refractivity contribution in [1.29, 1.82) is 0 Å². The van der Waals surface area contributed by atoms with E-state index in [9.17, 15) is 9.59 Å². The topological polar surface area (TPSA) is 55.4 Å². The number of aryl methyl sites for hydroxylation is 1. The second-order valence-electron chi connectivity index (χ2n) is 6.48. The molecule has 0 aliphatic rings. The summed E-state index contributed by atoms with van der Waals surface area (Å²) in [6, 6.07) is 5.77. The standard InChI is InChI=1S/C19H29NO3/c1-6-16(8-7-13(2)3)18(21)19(22)20-12-15-9-14(4)10-17(11-15)23-5/h9-11,13,16H,6-8,12H2,1-5H3,(H,20,22). The fourth-order valence-corrected chi connectivity index (χ4v) is 2.55. The Bertz CT molecular complexity index is 537. The molecule has 0 aliphatic heterocycles. The molecule has 23 heavy (non-hydrogen) atoms. The molecule has 1 rings (SSSR count). The Morgan fingerprint density at radius 2 is 1.87 bits per heavy atom. The van der Waals surface area contributed by atoms with Crippen molar-refractivity contribution in [3.05, 3.63) is 29.3 Å². The third-order valence-corrected chi connectivity index (χ3v) is 3.98. The second kappa shape index (κ2) is 9.33. The van der Waals surface area contributed by atoms with Gasteiger partial charge in [-0.25, -0.2) is 0 Å². The third-order valence-electron chi connectivity index (χ3n) is 3.98. The molecule has 128 valence electrons. The summed E-state index contributed by atoms with van der Waals surface area (Å²) in [5, 5.41) is 2.74. The maximum Gasteiger partial charge on any atom is 0.287 e. The van der Waals surface area contributed by atoms with Crippen LogP contribution in [0.3, 0.4) is 0 Å². The molecule has 0 heterocycles. The summed E-state index contributed by atoms with van der Waals surface area (Å²) in [4.78, 5) is 24.4. The summed E-state index contributed by atoms with van der Waals surface area (Å²) in [5.41, 5.74) is 1.99. The summed E-state index contributed by atoms with van der Waals surface area (Å²) in [7, 11) is 1.61. The number of nitrogens with one attached hydrogen (secondary N) is 1. The van der Waals surface area contributed by atoms with Crippen molar-refractivity contribution in [2.75, 3.05) is 7.11 Å². The minimum atomic E-state index is -0.485. The summed E-state index contributed by atoms with van der Waals surface area (Å²) in [6.45, 7) is 8.52. The van der Waals surface area contributed by atoms with Gasteiger partial charge in [0.1, 0.15) is 5.75 Å². The number of ether oxygens (including phenoxy) is 1. The average Bonchev–Trinajstić information content (AvgIpc) is 2.52. The normalized spacial score (nSPS) is 12.1. The van der Waals surface area contributed by atoms with Crippen LogP contribution in [0.4, 0.5) is 0 Å². The van der Waals surface area contributed by atoms with E-state index in [1.54, 1.807) is 7.11 Å². The van der Waals surface area contributed by atoms with Crippen molar-refractivity contribution in [1.82, 2.24) is 5.32 Å². The van der Waals surface area contributed by atoms with Crippen molar-refractivity contribution in [2.24, 2.45) is 11.8 Å². The molecule has 1 atom stereocenters. The summed E-state index contributed by atoms with van der Waals surface area (Å²) >= 11 is 0. The minimum absolute atomic E-state index is 0.176. The van der Waals surface area contributed by atoms with Gasteiger partial charge in [-0.15, -0.1) is 0 Å². The fraction of sp³-hybridized carbons (Fsp3) is 0.579. The number of amides is 1. The lowest BCUT2D eigenvalue weighted by molar-refractivity contribution is -0.140. The van der Waals surface area contributed by atoms with Crippen LogP contribution in [-0.2, 0) is 16.1 Å². The Morgan fingerprint density at radius 3 is 2.43 bits per heavy atom. The maximum atomic E-state index is 12.3. The highest BCUT2D eigenvalue weighted by molar-refractivity contribution is 6.36. The molecule has 0 spiro atoms. The largest absolute Gasteiger partial charge is 0.497 e. The number of carbonyl (C=O) groups excluding carboxylic acids is 2. The highest BCUT2D eigenvalue weighted by Gasteiger charge is 2.23. The molecule has 0 fully saturated rings. The predicted molar refractivity (Wildman–Crippen MR) is 92.4 cm³/mol. The Hall–Kier alpha value is -1.84. The monoisotopic (exact) mass is 319 g/mol. The summed E-state index contributed by atoms with van der Waals surface area (Å²) < 4.78 is 5.22. The van der Waals surface area contributed by atoms with Gasteiger partial charge in [0.25, 0.3) is 5.91 Å². The zero-order valence-corrected chi connectivity index (χ0v) is 14.9. The van der Waals surface area contributed by atoms with Crippen molar-refractivity contribution < 1.29 is 14.3 Å². The van der Waals surface area contributed by atoms with E-state index in [2.05, 4.69) is 19.2 Å². The smallest absolute Gasteiger partial charge is 0.287 e. The first-order valence-corrected chi connectivity index (χ1v) is 8.34. The lowest BCUT2D eigenvalue weighted by Gasteiger charge is -2.15. The Labute approximate surface area is 139 Å². The molecule has 1 amide bonds. The lowest BCUT2D eigenvalue weighted by atomic mass is 9.91. The number of methoxy groups -OCH3 is 1. The van der Waals surface area contributed by atoms with Gasteiger partial charge >= 0.3 is 0 Å². The molecule has 0 saturated carbocycles. The van der Waals surface area contributed by atoms with E-state index in [0.29, 0.717) is 18.9 Å². The van der Waals surface area contributed by atoms with Crippen LogP contribution in [0, 0.1) is 18.8 Å². The van der Waals surface area contributed by atoms with Gasteiger partial charge in [0.15, 0.2) is 0 Å². The van der Waals surface area contributed by atoms with Crippen LogP contribution in [0.25, 0.3) is 0 Å². The van der Waals surface area contributed by atoms with E-state index < -0.39 is 5.91 Å². The SMILES string of the molecule is CCC(CCC(C)C)C(=O)C(=O)NCc1cc(C)cc(OC)c1. The maximum absolute atomic E-state index is 12.3. The zero-order valence-electron chi connectivity index (χ0n) is 14.9. The molecule has 1 unspecified atom stereocenters.